The maximum Gasteiger partial charge on any atom is 0.156 e. The number of pyridine rings is 1. The van der Waals surface area contributed by atoms with Crippen LogP contribution < -0.4 is 11.1 Å². The summed E-state index contributed by atoms with van der Waals surface area (Å²) in [5.74, 6) is 1.17. The molecule has 2 heterocycles. The number of nitrogens with zero attached hydrogens (tertiary/aromatic N) is 2. The summed E-state index contributed by atoms with van der Waals surface area (Å²) in [4.78, 5) is 4.72. The van der Waals surface area contributed by atoms with Gasteiger partial charge in [0.15, 0.2) is 5.82 Å². The van der Waals surface area contributed by atoms with Gasteiger partial charge in [0.25, 0.3) is 0 Å². The van der Waals surface area contributed by atoms with Gasteiger partial charge in [-0.15, -0.1) is 0 Å². The molecule has 0 spiro atoms. The molecular formula is C17H15N5. The number of rotatable bonds is 2. The Kier molecular flexibility index (Phi) is 2.72. The zero-order valence-corrected chi connectivity index (χ0v) is 12.1. The number of hydrogen-bond acceptors (Lipinski definition) is 4. The molecule has 4 N–H and O–H groups in total. The van der Waals surface area contributed by atoms with Crippen molar-refractivity contribution >= 4 is 39.1 Å². The van der Waals surface area contributed by atoms with E-state index < -0.39 is 0 Å². The Hall–Kier alpha value is -3.08. The zero-order valence-electron chi connectivity index (χ0n) is 12.1. The van der Waals surface area contributed by atoms with E-state index >= 15 is 0 Å². The van der Waals surface area contributed by atoms with Gasteiger partial charge >= 0.3 is 0 Å². The summed E-state index contributed by atoms with van der Waals surface area (Å²) < 4.78 is 0. The Morgan fingerprint density at radius 3 is 2.68 bits per heavy atom. The van der Waals surface area contributed by atoms with E-state index in [9.17, 15) is 0 Å². The van der Waals surface area contributed by atoms with Crippen LogP contribution in [0.2, 0.25) is 0 Å². The first-order chi connectivity index (χ1) is 10.7. The molecule has 0 radical (unpaired) electrons. The number of benzene rings is 2. The number of H-pyrrole nitrogens is 1. The number of nitrogens with one attached hydrogen (secondary N) is 2. The SMILES string of the molecule is Cc1ccccc1Nc1nc2ccccc2c2[nH]nc(N)c12. The molecule has 5 nitrogen and oxygen atoms in total. The lowest BCUT2D eigenvalue weighted by Gasteiger charge is -2.11. The van der Waals surface area contributed by atoms with E-state index in [4.69, 9.17) is 10.7 Å². The number of aromatic nitrogens is 3. The van der Waals surface area contributed by atoms with Gasteiger partial charge in [-0.3, -0.25) is 5.10 Å². The highest BCUT2D eigenvalue weighted by atomic mass is 15.2. The molecule has 0 unspecified atom stereocenters. The minimum absolute atomic E-state index is 0.448. The molecule has 0 aliphatic heterocycles. The summed E-state index contributed by atoms with van der Waals surface area (Å²) in [7, 11) is 0. The van der Waals surface area contributed by atoms with Crippen molar-refractivity contribution in [3.05, 3.63) is 54.1 Å². The summed E-state index contributed by atoms with van der Waals surface area (Å²) >= 11 is 0. The first-order valence-electron chi connectivity index (χ1n) is 7.09. The van der Waals surface area contributed by atoms with Gasteiger partial charge in [0.2, 0.25) is 0 Å². The largest absolute Gasteiger partial charge is 0.382 e. The van der Waals surface area contributed by atoms with E-state index in [0.717, 1.165) is 33.1 Å². The molecule has 5 heteroatoms. The lowest BCUT2D eigenvalue weighted by molar-refractivity contribution is 1.13. The number of nitrogen functional groups attached to an aromatic ring is 1. The smallest absolute Gasteiger partial charge is 0.156 e. The molecule has 0 saturated carbocycles. The van der Waals surface area contributed by atoms with Crippen molar-refractivity contribution in [3.63, 3.8) is 0 Å². The van der Waals surface area contributed by atoms with Crippen molar-refractivity contribution in [2.24, 2.45) is 0 Å². The number of para-hydroxylation sites is 2. The Labute approximate surface area is 127 Å². The molecular weight excluding hydrogens is 274 g/mol. The van der Waals surface area contributed by atoms with Crippen molar-refractivity contribution in [1.29, 1.82) is 0 Å². The van der Waals surface area contributed by atoms with Crippen LogP contribution >= 0.6 is 0 Å². The van der Waals surface area contributed by atoms with E-state index in [0.29, 0.717) is 11.6 Å². The predicted octanol–water partition coefficient (Wildman–Crippen LogP) is 3.75. The monoisotopic (exact) mass is 289 g/mol. The molecule has 0 fully saturated rings. The van der Waals surface area contributed by atoms with Crippen LogP contribution in [-0.4, -0.2) is 15.2 Å². The van der Waals surface area contributed by atoms with Crippen molar-refractivity contribution in [1.82, 2.24) is 15.2 Å². The molecule has 0 atom stereocenters. The number of aromatic amines is 1. The van der Waals surface area contributed by atoms with Gasteiger partial charge in [-0.05, 0) is 24.6 Å². The standard InChI is InChI=1S/C17H15N5/c1-10-6-2-4-8-12(10)19-17-14-15(21-22-16(14)18)11-7-3-5-9-13(11)20-17/h2-9H,1H3,(H,19,20)(H3,18,21,22). The fourth-order valence-corrected chi connectivity index (χ4v) is 2.68. The van der Waals surface area contributed by atoms with Gasteiger partial charge in [0.05, 0.1) is 16.4 Å². The fourth-order valence-electron chi connectivity index (χ4n) is 2.68. The fraction of sp³-hybridized carbons (Fsp3) is 0.0588. The van der Waals surface area contributed by atoms with Crippen LogP contribution in [0.1, 0.15) is 5.56 Å². The number of hydrogen-bond donors (Lipinski definition) is 3. The Morgan fingerprint density at radius 2 is 1.82 bits per heavy atom. The predicted molar refractivity (Wildman–Crippen MR) is 90.3 cm³/mol. The molecule has 0 saturated heterocycles. The summed E-state index contributed by atoms with van der Waals surface area (Å²) in [5, 5.41) is 12.4. The van der Waals surface area contributed by atoms with Gasteiger partial charge in [-0.1, -0.05) is 36.4 Å². The van der Waals surface area contributed by atoms with Gasteiger partial charge in [-0.25, -0.2) is 4.98 Å². The maximum atomic E-state index is 6.04. The van der Waals surface area contributed by atoms with Gasteiger partial charge < -0.3 is 11.1 Å². The highest BCUT2D eigenvalue weighted by molar-refractivity contribution is 6.12. The summed E-state index contributed by atoms with van der Waals surface area (Å²) in [5.41, 5.74) is 9.99. The number of nitrogens with two attached hydrogens (primary N) is 1. The third-order valence-electron chi connectivity index (χ3n) is 3.83. The van der Waals surface area contributed by atoms with Crippen molar-refractivity contribution < 1.29 is 0 Å². The minimum Gasteiger partial charge on any atom is -0.382 e. The summed E-state index contributed by atoms with van der Waals surface area (Å²) in [6, 6.07) is 16.0. The van der Waals surface area contributed by atoms with Gasteiger partial charge in [-0.2, -0.15) is 5.10 Å². The summed E-state index contributed by atoms with van der Waals surface area (Å²) in [6.07, 6.45) is 0. The molecule has 0 aliphatic rings. The number of anilines is 3. The molecule has 2 aromatic carbocycles. The lowest BCUT2D eigenvalue weighted by atomic mass is 10.1. The van der Waals surface area contributed by atoms with Crippen LogP contribution in [0.15, 0.2) is 48.5 Å². The minimum atomic E-state index is 0.448. The first kappa shape index (κ1) is 12.6. The number of fused-ring (bicyclic) bond motifs is 3. The van der Waals surface area contributed by atoms with Crippen molar-refractivity contribution in [2.45, 2.75) is 6.92 Å². The van der Waals surface area contributed by atoms with E-state index in [1.165, 1.54) is 0 Å². The van der Waals surface area contributed by atoms with E-state index in [1.807, 2.05) is 42.5 Å². The summed E-state index contributed by atoms with van der Waals surface area (Å²) in [6.45, 7) is 2.05. The quantitative estimate of drug-likeness (QED) is 0.525. The normalized spacial score (nSPS) is 11.1. The molecule has 4 rings (SSSR count). The van der Waals surface area contributed by atoms with Crippen LogP contribution in [0, 0.1) is 6.92 Å². The van der Waals surface area contributed by atoms with Crippen LogP contribution in [0.3, 0.4) is 0 Å². The van der Waals surface area contributed by atoms with E-state index in [-0.39, 0.29) is 0 Å². The second-order valence-electron chi connectivity index (χ2n) is 5.28. The molecule has 0 bridgehead atoms. The zero-order chi connectivity index (χ0) is 15.1. The molecule has 4 aromatic rings. The average Bonchev–Trinajstić information content (AvgIpc) is 2.92. The highest BCUT2D eigenvalue weighted by Gasteiger charge is 2.14. The Bertz CT molecular complexity index is 987. The van der Waals surface area contributed by atoms with E-state index in [1.54, 1.807) is 0 Å². The molecule has 22 heavy (non-hydrogen) atoms. The molecule has 2 aromatic heterocycles. The topological polar surface area (TPSA) is 79.6 Å². The average molecular weight is 289 g/mol. The van der Waals surface area contributed by atoms with Crippen LogP contribution in [0.5, 0.6) is 0 Å². The Morgan fingerprint density at radius 1 is 1.05 bits per heavy atom. The molecule has 0 amide bonds. The first-order valence-corrected chi connectivity index (χ1v) is 7.09. The molecule has 0 aliphatic carbocycles. The maximum absolute atomic E-state index is 6.04. The second-order valence-corrected chi connectivity index (χ2v) is 5.28. The van der Waals surface area contributed by atoms with Gasteiger partial charge in [0, 0.05) is 11.1 Å². The third-order valence-corrected chi connectivity index (χ3v) is 3.83. The van der Waals surface area contributed by atoms with Gasteiger partial charge in [0.1, 0.15) is 5.82 Å². The lowest BCUT2D eigenvalue weighted by Crippen LogP contribution is -1.98. The van der Waals surface area contributed by atoms with E-state index in [2.05, 4.69) is 28.5 Å². The van der Waals surface area contributed by atoms with Crippen molar-refractivity contribution in [2.75, 3.05) is 11.1 Å². The number of aryl methyl sites for hydroxylation is 1. The highest BCUT2D eigenvalue weighted by Crippen LogP contribution is 2.33. The second kappa shape index (κ2) is 4.73. The van der Waals surface area contributed by atoms with Crippen LogP contribution in [0.4, 0.5) is 17.3 Å². The van der Waals surface area contributed by atoms with Crippen LogP contribution in [0.25, 0.3) is 21.8 Å². The Balaban J connectivity index is 1.99. The third kappa shape index (κ3) is 1.87. The van der Waals surface area contributed by atoms with Crippen LogP contribution in [-0.2, 0) is 0 Å². The molecule has 108 valence electrons. The van der Waals surface area contributed by atoms with Crippen molar-refractivity contribution in [3.8, 4) is 0 Å².